The summed E-state index contributed by atoms with van der Waals surface area (Å²) in [5.41, 5.74) is 5.43. The van der Waals surface area contributed by atoms with Gasteiger partial charge in [-0.15, -0.1) is 0 Å². The number of anilines is 1. The molecule has 1 N–H and O–H groups in total. The van der Waals surface area contributed by atoms with E-state index in [-0.39, 0.29) is 0 Å². The maximum Gasteiger partial charge on any atom is 0.110 e. The fourth-order valence-corrected chi connectivity index (χ4v) is 1.52. The first-order valence-electron chi connectivity index (χ1n) is 5.08. The van der Waals surface area contributed by atoms with Gasteiger partial charge in [0.15, 0.2) is 0 Å². The number of rotatable bonds is 2. The lowest BCUT2D eigenvalue weighted by Crippen LogP contribution is -2.37. The van der Waals surface area contributed by atoms with Gasteiger partial charge in [-0.05, 0) is 32.1 Å². The van der Waals surface area contributed by atoms with E-state index in [1.54, 1.807) is 0 Å². The van der Waals surface area contributed by atoms with Crippen molar-refractivity contribution in [3.05, 3.63) is 42.1 Å². The van der Waals surface area contributed by atoms with Gasteiger partial charge in [0.2, 0.25) is 0 Å². The molecular weight excluding hydrogens is 186 g/mol. The number of hydrazine groups is 1. The summed E-state index contributed by atoms with van der Waals surface area (Å²) in [6.45, 7) is 4.14. The minimum absolute atomic E-state index is 0.322. The third-order valence-electron chi connectivity index (χ3n) is 2.34. The maximum absolute atomic E-state index is 4.26. The third kappa shape index (κ3) is 2.37. The summed E-state index contributed by atoms with van der Waals surface area (Å²) in [5.74, 6) is 0. The second-order valence-corrected chi connectivity index (χ2v) is 3.68. The zero-order chi connectivity index (χ0) is 10.7. The number of para-hydroxylation sites is 1. The third-order valence-corrected chi connectivity index (χ3v) is 2.34. The van der Waals surface area contributed by atoms with E-state index >= 15 is 0 Å². The summed E-state index contributed by atoms with van der Waals surface area (Å²) >= 11 is 0. The van der Waals surface area contributed by atoms with E-state index < -0.39 is 0 Å². The average Bonchev–Trinajstić information content (AvgIpc) is 2.24. The van der Waals surface area contributed by atoms with Gasteiger partial charge < -0.3 is 0 Å². The molecule has 0 fully saturated rings. The number of aliphatic imine (C=N–C) groups is 1. The van der Waals surface area contributed by atoms with Crippen LogP contribution in [0.1, 0.15) is 13.8 Å². The predicted molar refractivity (Wildman–Crippen MR) is 63.6 cm³/mol. The summed E-state index contributed by atoms with van der Waals surface area (Å²) in [6, 6.07) is 10.4. The van der Waals surface area contributed by atoms with Crippen LogP contribution in [0, 0.1) is 0 Å². The van der Waals surface area contributed by atoms with Crippen molar-refractivity contribution < 1.29 is 0 Å². The van der Waals surface area contributed by atoms with Crippen LogP contribution in [0.25, 0.3) is 0 Å². The molecule has 15 heavy (non-hydrogen) atoms. The van der Waals surface area contributed by atoms with Crippen LogP contribution in [0.5, 0.6) is 0 Å². The molecule has 1 aromatic carbocycles. The van der Waals surface area contributed by atoms with Crippen LogP contribution in [-0.2, 0) is 0 Å². The van der Waals surface area contributed by atoms with Crippen molar-refractivity contribution in [3.8, 4) is 0 Å². The van der Waals surface area contributed by atoms with Crippen molar-refractivity contribution in [2.45, 2.75) is 19.9 Å². The van der Waals surface area contributed by atoms with Crippen LogP contribution in [0.15, 0.2) is 47.1 Å². The first kappa shape index (κ1) is 9.77. The highest BCUT2D eigenvalue weighted by atomic mass is 15.5. The van der Waals surface area contributed by atoms with Gasteiger partial charge in [-0.1, -0.05) is 18.2 Å². The summed E-state index contributed by atoms with van der Waals surface area (Å²) in [5, 5.41) is 1.99. The largest absolute Gasteiger partial charge is 0.297 e. The molecule has 1 aromatic rings. The number of hydrogen-bond donors (Lipinski definition) is 1. The van der Waals surface area contributed by atoms with E-state index in [0.717, 1.165) is 11.4 Å². The second-order valence-electron chi connectivity index (χ2n) is 3.68. The Morgan fingerprint density at radius 2 is 2.00 bits per heavy atom. The van der Waals surface area contributed by atoms with Crippen LogP contribution >= 0.6 is 0 Å². The molecular formula is C12H15N3. The molecule has 1 unspecified atom stereocenters. The normalized spacial score (nSPS) is 20.0. The van der Waals surface area contributed by atoms with Crippen molar-refractivity contribution in [2.24, 2.45) is 4.99 Å². The molecule has 0 aliphatic carbocycles. The molecule has 1 atom stereocenters. The molecule has 1 aliphatic rings. The van der Waals surface area contributed by atoms with Gasteiger partial charge in [0, 0.05) is 5.70 Å². The number of nitrogens with one attached hydrogen (secondary N) is 1. The molecule has 2 rings (SSSR count). The van der Waals surface area contributed by atoms with Crippen LogP contribution in [0.3, 0.4) is 0 Å². The van der Waals surface area contributed by atoms with E-state index in [4.69, 9.17) is 0 Å². The first-order chi connectivity index (χ1) is 7.25. The van der Waals surface area contributed by atoms with Gasteiger partial charge >= 0.3 is 0 Å². The van der Waals surface area contributed by atoms with Crippen molar-refractivity contribution in [1.82, 2.24) is 5.01 Å². The Morgan fingerprint density at radius 3 is 2.67 bits per heavy atom. The number of allylic oxidation sites excluding steroid dienone is 1. The highest BCUT2D eigenvalue weighted by Crippen LogP contribution is 2.12. The molecule has 0 aromatic heterocycles. The topological polar surface area (TPSA) is 27.6 Å². The molecule has 0 spiro atoms. The summed E-state index contributed by atoms with van der Waals surface area (Å²) in [7, 11) is 0. The van der Waals surface area contributed by atoms with E-state index in [0.29, 0.717) is 6.04 Å². The van der Waals surface area contributed by atoms with E-state index in [1.807, 2.05) is 48.6 Å². The SMILES string of the molecule is CC1=CC(C)N(Nc2ccccc2)C=N1. The van der Waals surface area contributed by atoms with Gasteiger partial charge in [-0.25, -0.2) is 4.99 Å². The first-order valence-corrected chi connectivity index (χ1v) is 5.08. The smallest absolute Gasteiger partial charge is 0.110 e. The Bertz CT molecular complexity index is 381. The molecule has 1 aliphatic heterocycles. The van der Waals surface area contributed by atoms with Crippen LogP contribution in [0.4, 0.5) is 5.69 Å². The highest BCUT2D eigenvalue weighted by molar-refractivity contribution is 5.62. The maximum atomic E-state index is 4.26. The highest BCUT2D eigenvalue weighted by Gasteiger charge is 2.11. The fraction of sp³-hybridized carbons (Fsp3) is 0.250. The molecule has 78 valence electrons. The Hall–Kier alpha value is -1.77. The minimum atomic E-state index is 0.322. The lowest BCUT2D eigenvalue weighted by atomic mass is 10.2. The van der Waals surface area contributed by atoms with Gasteiger partial charge in [0.25, 0.3) is 0 Å². The lowest BCUT2D eigenvalue weighted by molar-refractivity contribution is 0.449. The Labute approximate surface area is 90.1 Å². The van der Waals surface area contributed by atoms with Gasteiger partial charge in [0.05, 0.1) is 11.7 Å². The predicted octanol–water partition coefficient (Wildman–Crippen LogP) is 2.65. The van der Waals surface area contributed by atoms with Crippen molar-refractivity contribution in [3.63, 3.8) is 0 Å². The molecule has 0 amide bonds. The van der Waals surface area contributed by atoms with Crippen molar-refractivity contribution >= 4 is 12.0 Å². The van der Waals surface area contributed by atoms with E-state index in [2.05, 4.69) is 23.4 Å². The molecule has 0 saturated carbocycles. The second kappa shape index (κ2) is 4.17. The van der Waals surface area contributed by atoms with E-state index in [9.17, 15) is 0 Å². The molecule has 0 radical (unpaired) electrons. The standard InChI is InChI=1S/C12H15N3/c1-10-8-11(2)15(9-13-10)14-12-6-4-3-5-7-12/h3-9,11,14H,1-2H3. The van der Waals surface area contributed by atoms with Gasteiger partial charge in [-0.2, -0.15) is 0 Å². The minimum Gasteiger partial charge on any atom is -0.297 e. The summed E-state index contributed by atoms with van der Waals surface area (Å²) in [4.78, 5) is 4.26. The summed E-state index contributed by atoms with van der Waals surface area (Å²) in [6.07, 6.45) is 3.95. The van der Waals surface area contributed by atoms with Crippen LogP contribution in [0.2, 0.25) is 0 Å². The fourth-order valence-electron chi connectivity index (χ4n) is 1.52. The number of benzene rings is 1. The molecule has 0 bridgehead atoms. The van der Waals surface area contributed by atoms with Gasteiger partial charge in [0.1, 0.15) is 6.34 Å². The Morgan fingerprint density at radius 1 is 1.27 bits per heavy atom. The zero-order valence-corrected chi connectivity index (χ0v) is 9.01. The molecule has 0 saturated heterocycles. The molecule has 3 heteroatoms. The average molecular weight is 201 g/mol. The molecule has 3 nitrogen and oxygen atoms in total. The van der Waals surface area contributed by atoms with Crippen molar-refractivity contribution in [2.75, 3.05) is 5.43 Å². The van der Waals surface area contributed by atoms with Gasteiger partial charge in [-0.3, -0.25) is 10.4 Å². The monoisotopic (exact) mass is 201 g/mol. The van der Waals surface area contributed by atoms with Crippen molar-refractivity contribution in [1.29, 1.82) is 0 Å². The number of hydrogen-bond acceptors (Lipinski definition) is 3. The lowest BCUT2D eigenvalue weighted by Gasteiger charge is -2.28. The molecule has 1 heterocycles. The van der Waals surface area contributed by atoms with Crippen LogP contribution in [-0.4, -0.2) is 17.4 Å². The quantitative estimate of drug-likeness (QED) is 0.796. The summed E-state index contributed by atoms with van der Waals surface area (Å²) < 4.78 is 0. The van der Waals surface area contributed by atoms with E-state index in [1.165, 1.54) is 0 Å². The number of nitrogens with zero attached hydrogens (tertiary/aromatic N) is 2. The van der Waals surface area contributed by atoms with Crippen LogP contribution < -0.4 is 5.43 Å². The Kier molecular flexibility index (Phi) is 2.72. The zero-order valence-electron chi connectivity index (χ0n) is 9.01. The Balaban J connectivity index is 2.06.